The number of nitrogens with one attached hydrogen (secondary N) is 1. The first-order valence-corrected chi connectivity index (χ1v) is 7.60. The Labute approximate surface area is 122 Å². The van der Waals surface area contributed by atoms with Gasteiger partial charge in [0.1, 0.15) is 0 Å². The van der Waals surface area contributed by atoms with Crippen LogP contribution in [0.25, 0.3) is 10.2 Å². The van der Waals surface area contributed by atoms with Crippen molar-refractivity contribution in [3.05, 3.63) is 32.8 Å². The van der Waals surface area contributed by atoms with Gasteiger partial charge in [0.15, 0.2) is 0 Å². The molecule has 2 aromatic rings. The zero-order valence-corrected chi connectivity index (χ0v) is 12.8. The number of nitro groups is 1. The van der Waals surface area contributed by atoms with Crippen LogP contribution in [0.15, 0.2) is 12.1 Å². The monoisotopic (exact) mass is 293 g/mol. The van der Waals surface area contributed by atoms with E-state index in [0.29, 0.717) is 6.42 Å². The van der Waals surface area contributed by atoms with Gasteiger partial charge in [-0.25, -0.2) is 4.98 Å². The average Bonchev–Trinajstić information content (AvgIpc) is 2.74. The van der Waals surface area contributed by atoms with E-state index in [4.69, 9.17) is 0 Å². The van der Waals surface area contributed by atoms with Crippen molar-refractivity contribution in [3.63, 3.8) is 0 Å². The van der Waals surface area contributed by atoms with E-state index in [9.17, 15) is 10.1 Å². The standard InChI is InChI=1S/C14H19N3O2S/c1-4-5-15-9(2)6-11-7-12-14(20-10(3)16-12)8-13(11)17(18)19/h7-9,15H,4-6H2,1-3H3. The molecule has 0 aliphatic carbocycles. The Morgan fingerprint density at radius 3 is 2.90 bits per heavy atom. The third kappa shape index (κ3) is 3.32. The highest BCUT2D eigenvalue weighted by Gasteiger charge is 2.18. The number of nitrogens with zero attached hydrogens (tertiary/aromatic N) is 2. The lowest BCUT2D eigenvalue weighted by Crippen LogP contribution is -2.28. The lowest BCUT2D eigenvalue weighted by atomic mass is 10.0. The summed E-state index contributed by atoms with van der Waals surface area (Å²) in [6.45, 7) is 7.00. The Balaban J connectivity index is 2.34. The zero-order chi connectivity index (χ0) is 14.7. The largest absolute Gasteiger partial charge is 0.314 e. The molecule has 1 unspecified atom stereocenters. The van der Waals surface area contributed by atoms with E-state index in [-0.39, 0.29) is 16.7 Å². The minimum atomic E-state index is -0.295. The number of aryl methyl sites for hydroxylation is 1. The van der Waals surface area contributed by atoms with Crippen molar-refractivity contribution >= 4 is 27.2 Å². The van der Waals surface area contributed by atoms with Gasteiger partial charge in [-0.2, -0.15) is 0 Å². The molecule has 1 aromatic heterocycles. The van der Waals surface area contributed by atoms with Crippen LogP contribution >= 0.6 is 11.3 Å². The lowest BCUT2D eigenvalue weighted by Gasteiger charge is -2.13. The molecule has 0 radical (unpaired) electrons. The molecule has 0 saturated carbocycles. The molecule has 5 nitrogen and oxygen atoms in total. The van der Waals surface area contributed by atoms with E-state index in [2.05, 4.69) is 24.1 Å². The van der Waals surface area contributed by atoms with Crippen LogP contribution in [-0.2, 0) is 6.42 Å². The van der Waals surface area contributed by atoms with Crippen LogP contribution < -0.4 is 5.32 Å². The Kier molecular flexibility index (Phi) is 4.67. The number of nitro benzene ring substituents is 1. The number of hydrogen-bond acceptors (Lipinski definition) is 5. The quantitative estimate of drug-likeness (QED) is 0.654. The van der Waals surface area contributed by atoms with Gasteiger partial charge in [0, 0.05) is 17.7 Å². The van der Waals surface area contributed by atoms with Gasteiger partial charge in [-0.05, 0) is 39.3 Å². The molecule has 1 aromatic carbocycles. The van der Waals surface area contributed by atoms with Gasteiger partial charge in [0.2, 0.25) is 0 Å². The minimum absolute atomic E-state index is 0.200. The summed E-state index contributed by atoms with van der Waals surface area (Å²) in [5.74, 6) is 0. The van der Waals surface area contributed by atoms with Crippen LogP contribution in [0.1, 0.15) is 30.8 Å². The molecular formula is C14H19N3O2S. The van der Waals surface area contributed by atoms with Crippen LogP contribution in [0.4, 0.5) is 5.69 Å². The molecule has 0 saturated heterocycles. The highest BCUT2D eigenvalue weighted by molar-refractivity contribution is 7.18. The fraction of sp³-hybridized carbons (Fsp3) is 0.500. The number of hydrogen-bond donors (Lipinski definition) is 1. The Morgan fingerprint density at radius 1 is 1.50 bits per heavy atom. The molecule has 0 aliphatic heterocycles. The zero-order valence-electron chi connectivity index (χ0n) is 12.0. The fourth-order valence-corrected chi connectivity index (χ4v) is 3.09. The topological polar surface area (TPSA) is 68.1 Å². The summed E-state index contributed by atoms with van der Waals surface area (Å²) >= 11 is 1.49. The molecule has 0 fully saturated rings. The number of thiazole rings is 1. The smallest absolute Gasteiger partial charge is 0.274 e. The SMILES string of the molecule is CCCNC(C)Cc1cc2nc(C)sc2cc1[N+](=O)[O-]. The number of rotatable bonds is 6. The fourth-order valence-electron chi connectivity index (χ4n) is 2.25. The van der Waals surface area contributed by atoms with Gasteiger partial charge in [-0.15, -0.1) is 11.3 Å². The van der Waals surface area contributed by atoms with Gasteiger partial charge in [-0.1, -0.05) is 6.92 Å². The number of fused-ring (bicyclic) bond motifs is 1. The first-order valence-electron chi connectivity index (χ1n) is 6.79. The molecule has 1 N–H and O–H groups in total. The van der Waals surface area contributed by atoms with Crippen molar-refractivity contribution in [1.29, 1.82) is 0 Å². The van der Waals surface area contributed by atoms with Crippen LogP contribution in [-0.4, -0.2) is 22.5 Å². The van der Waals surface area contributed by atoms with Crippen LogP contribution in [0.2, 0.25) is 0 Å². The Hall–Kier alpha value is -1.53. The normalized spacial score (nSPS) is 12.8. The molecule has 108 valence electrons. The van der Waals surface area contributed by atoms with Gasteiger partial charge in [0.05, 0.1) is 20.1 Å². The van der Waals surface area contributed by atoms with Crippen molar-refractivity contribution in [2.45, 2.75) is 39.7 Å². The summed E-state index contributed by atoms with van der Waals surface area (Å²) in [5.41, 5.74) is 1.81. The summed E-state index contributed by atoms with van der Waals surface area (Å²) in [6, 6.07) is 3.73. The van der Waals surface area contributed by atoms with Crippen molar-refractivity contribution in [2.75, 3.05) is 6.54 Å². The third-order valence-corrected chi connectivity index (χ3v) is 4.09. The summed E-state index contributed by atoms with van der Waals surface area (Å²) in [5, 5.41) is 15.5. The lowest BCUT2D eigenvalue weighted by molar-refractivity contribution is -0.385. The van der Waals surface area contributed by atoms with E-state index < -0.39 is 0 Å². The molecule has 0 bridgehead atoms. The van der Waals surface area contributed by atoms with Crippen molar-refractivity contribution in [1.82, 2.24) is 10.3 Å². The molecule has 0 spiro atoms. The summed E-state index contributed by atoms with van der Waals surface area (Å²) < 4.78 is 0.882. The predicted octanol–water partition coefficient (Wildman–Crippen LogP) is 3.44. The predicted molar refractivity (Wildman–Crippen MR) is 82.5 cm³/mol. The molecule has 20 heavy (non-hydrogen) atoms. The van der Waals surface area contributed by atoms with Crippen LogP contribution in [0.5, 0.6) is 0 Å². The second kappa shape index (κ2) is 6.28. The maximum absolute atomic E-state index is 11.2. The minimum Gasteiger partial charge on any atom is -0.314 e. The van der Waals surface area contributed by atoms with Crippen molar-refractivity contribution in [3.8, 4) is 0 Å². The van der Waals surface area contributed by atoms with Gasteiger partial charge in [-0.3, -0.25) is 10.1 Å². The van der Waals surface area contributed by atoms with E-state index >= 15 is 0 Å². The summed E-state index contributed by atoms with van der Waals surface area (Å²) in [4.78, 5) is 15.4. The first-order chi connectivity index (χ1) is 9.51. The molecule has 0 aliphatic rings. The van der Waals surface area contributed by atoms with Gasteiger partial charge < -0.3 is 5.32 Å². The Bertz CT molecular complexity index is 624. The second-order valence-corrected chi connectivity index (χ2v) is 6.23. The number of benzene rings is 1. The molecule has 1 atom stereocenters. The molecule has 1 heterocycles. The van der Waals surface area contributed by atoms with Gasteiger partial charge >= 0.3 is 0 Å². The maximum Gasteiger partial charge on any atom is 0.274 e. The summed E-state index contributed by atoms with van der Waals surface area (Å²) in [6.07, 6.45) is 1.69. The van der Waals surface area contributed by atoms with Gasteiger partial charge in [0.25, 0.3) is 5.69 Å². The van der Waals surface area contributed by atoms with Crippen molar-refractivity contribution < 1.29 is 4.92 Å². The summed E-state index contributed by atoms with van der Waals surface area (Å²) in [7, 11) is 0. The van der Waals surface area contributed by atoms with E-state index in [1.165, 1.54) is 11.3 Å². The Morgan fingerprint density at radius 2 is 2.25 bits per heavy atom. The molecule has 6 heteroatoms. The number of aromatic nitrogens is 1. The van der Waals surface area contributed by atoms with Crippen molar-refractivity contribution in [2.24, 2.45) is 0 Å². The molecule has 0 amide bonds. The highest BCUT2D eigenvalue weighted by Crippen LogP contribution is 2.30. The van der Waals surface area contributed by atoms with Crippen LogP contribution in [0, 0.1) is 17.0 Å². The molecular weight excluding hydrogens is 274 g/mol. The maximum atomic E-state index is 11.2. The second-order valence-electron chi connectivity index (χ2n) is 5.00. The van der Waals surface area contributed by atoms with E-state index in [1.54, 1.807) is 6.07 Å². The average molecular weight is 293 g/mol. The third-order valence-electron chi connectivity index (χ3n) is 3.16. The molecule has 2 rings (SSSR count). The van der Waals surface area contributed by atoms with Crippen LogP contribution in [0.3, 0.4) is 0 Å². The first kappa shape index (κ1) is 14.9. The van der Waals surface area contributed by atoms with E-state index in [0.717, 1.165) is 33.8 Å². The highest BCUT2D eigenvalue weighted by atomic mass is 32.1. The van der Waals surface area contributed by atoms with E-state index in [1.807, 2.05) is 13.0 Å².